The Morgan fingerprint density at radius 2 is 2.31 bits per heavy atom. The lowest BCUT2D eigenvalue weighted by molar-refractivity contribution is 0.290. The van der Waals surface area contributed by atoms with Gasteiger partial charge in [-0.3, -0.25) is 9.97 Å². The molecule has 0 fully saturated rings. The molecular weight excluding hydrogens is 186 g/mol. The Hall–Kier alpha value is -1.49. The third-order valence-electron chi connectivity index (χ3n) is 1.39. The summed E-state index contributed by atoms with van der Waals surface area (Å²) in [6.07, 6.45) is 4.94. The molecule has 0 N–H and O–H groups in total. The van der Waals surface area contributed by atoms with Crippen LogP contribution in [0, 0.1) is 0 Å². The zero-order chi connectivity index (χ0) is 8.93. The van der Waals surface area contributed by atoms with Crippen LogP contribution in [-0.4, -0.2) is 15.0 Å². The highest BCUT2D eigenvalue weighted by molar-refractivity contribution is 7.07. The predicted octanol–water partition coefficient (Wildman–Crippen LogP) is 1.51. The van der Waals surface area contributed by atoms with Crippen molar-refractivity contribution < 1.29 is 4.74 Å². The molecule has 0 aliphatic heterocycles. The minimum absolute atomic E-state index is 0.414. The Bertz CT molecular complexity index is 349. The minimum atomic E-state index is 0.414. The number of thiazole rings is 1. The largest absolute Gasteiger partial charge is 0.470 e. The van der Waals surface area contributed by atoms with Crippen molar-refractivity contribution in [1.29, 1.82) is 0 Å². The van der Waals surface area contributed by atoms with E-state index in [-0.39, 0.29) is 0 Å². The molecule has 2 heterocycles. The van der Waals surface area contributed by atoms with Crippen LogP contribution in [0.1, 0.15) is 5.69 Å². The molecule has 0 radical (unpaired) electrons. The van der Waals surface area contributed by atoms with Gasteiger partial charge >= 0.3 is 0 Å². The van der Waals surface area contributed by atoms with Gasteiger partial charge in [-0.25, -0.2) is 4.98 Å². The van der Waals surface area contributed by atoms with Crippen molar-refractivity contribution in [3.8, 4) is 5.88 Å². The molecule has 4 nitrogen and oxygen atoms in total. The zero-order valence-corrected chi connectivity index (χ0v) is 7.57. The fourth-order valence-corrected chi connectivity index (χ4v) is 1.30. The molecule has 0 bridgehead atoms. The van der Waals surface area contributed by atoms with Gasteiger partial charge in [0.1, 0.15) is 6.61 Å². The summed E-state index contributed by atoms with van der Waals surface area (Å²) in [6.45, 7) is 0.414. The summed E-state index contributed by atoms with van der Waals surface area (Å²) in [5.41, 5.74) is 2.53. The van der Waals surface area contributed by atoms with Gasteiger partial charge in [0, 0.05) is 12.4 Å². The molecule has 2 aromatic heterocycles. The van der Waals surface area contributed by atoms with Gasteiger partial charge in [0.15, 0.2) is 0 Å². The zero-order valence-electron chi connectivity index (χ0n) is 6.75. The van der Waals surface area contributed by atoms with Gasteiger partial charge < -0.3 is 4.74 Å². The maximum absolute atomic E-state index is 5.33. The summed E-state index contributed by atoms with van der Waals surface area (Å²) in [4.78, 5) is 12.0. The highest BCUT2D eigenvalue weighted by atomic mass is 32.1. The van der Waals surface area contributed by atoms with E-state index in [1.54, 1.807) is 24.1 Å². The Morgan fingerprint density at radius 1 is 1.31 bits per heavy atom. The first-order chi connectivity index (χ1) is 6.45. The van der Waals surface area contributed by atoms with Gasteiger partial charge in [0.2, 0.25) is 5.88 Å². The number of aromatic nitrogens is 3. The van der Waals surface area contributed by atoms with Crippen LogP contribution in [0.2, 0.25) is 0 Å². The van der Waals surface area contributed by atoms with Crippen LogP contribution in [0.15, 0.2) is 29.5 Å². The standard InChI is InChI=1S/C8H7N3OS/c1-2-10-7(3-9-1)4-12-8-5-13-6-11-8/h1-3,5-6H,4H2. The first-order valence-corrected chi connectivity index (χ1v) is 4.65. The van der Waals surface area contributed by atoms with Gasteiger partial charge in [0.05, 0.1) is 22.8 Å². The molecule has 66 valence electrons. The summed E-state index contributed by atoms with van der Waals surface area (Å²) in [5.74, 6) is 0.635. The summed E-state index contributed by atoms with van der Waals surface area (Å²) in [6, 6.07) is 0. The van der Waals surface area contributed by atoms with Crippen LogP contribution in [-0.2, 0) is 6.61 Å². The van der Waals surface area contributed by atoms with E-state index < -0.39 is 0 Å². The van der Waals surface area contributed by atoms with E-state index in [1.807, 2.05) is 5.38 Å². The van der Waals surface area contributed by atoms with Gasteiger partial charge in [-0.15, -0.1) is 11.3 Å². The van der Waals surface area contributed by atoms with Crippen LogP contribution in [0.4, 0.5) is 0 Å². The lowest BCUT2D eigenvalue weighted by Gasteiger charge is -1.99. The number of hydrogen-bond acceptors (Lipinski definition) is 5. The van der Waals surface area contributed by atoms with Crippen molar-refractivity contribution in [1.82, 2.24) is 15.0 Å². The molecule has 0 amide bonds. The van der Waals surface area contributed by atoms with E-state index in [2.05, 4.69) is 15.0 Å². The maximum Gasteiger partial charge on any atom is 0.224 e. The molecule has 0 aromatic carbocycles. The van der Waals surface area contributed by atoms with Gasteiger partial charge in [-0.2, -0.15) is 0 Å². The monoisotopic (exact) mass is 193 g/mol. The second-order valence-electron chi connectivity index (χ2n) is 2.31. The van der Waals surface area contributed by atoms with E-state index in [9.17, 15) is 0 Å². The number of ether oxygens (including phenoxy) is 1. The van der Waals surface area contributed by atoms with E-state index >= 15 is 0 Å². The van der Waals surface area contributed by atoms with Crippen molar-refractivity contribution in [3.05, 3.63) is 35.2 Å². The van der Waals surface area contributed by atoms with Crippen molar-refractivity contribution >= 4 is 11.3 Å². The van der Waals surface area contributed by atoms with Crippen LogP contribution >= 0.6 is 11.3 Å². The fraction of sp³-hybridized carbons (Fsp3) is 0.125. The first kappa shape index (κ1) is 8.12. The molecule has 0 unspecified atom stereocenters. The first-order valence-electron chi connectivity index (χ1n) is 3.71. The second-order valence-corrected chi connectivity index (χ2v) is 3.03. The Kier molecular flexibility index (Phi) is 2.47. The SMILES string of the molecule is c1cnc(COc2cscn2)cn1. The molecule has 0 aliphatic carbocycles. The summed E-state index contributed by atoms with van der Waals surface area (Å²) in [7, 11) is 0. The number of nitrogens with zero attached hydrogens (tertiary/aromatic N) is 3. The highest BCUT2D eigenvalue weighted by Gasteiger charge is 1.97. The smallest absolute Gasteiger partial charge is 0.224 e. The van der Waals surface area contributed by atoms with Crippen LogP contribution in [0.25, 0.3) is 0 Å². The molecule has 2 aromatic rings. The molecule has 2 rings (SSSR count). The molecule has 0 saturated heterocycles. The van der Waals surface area contributed by atoms with Crippen molar-refractivity contribution in [2.24, 2.45) is 0 Å². The molecule has 0 saturated carbocycles. The van der Waals surface area contributed by atoms with Crippen LogP contribution < -0.4 is 4.74 Å². The van der Waals surface area contributed by atoms with Gasteiger partial charge in [-0.1, -0.05) is 0 Å². The topological polar surface area (TPSA) is 47.9 Å². The normalized spacial score (nSPS) is 9.85. The Labute approximate surface area is 79.3 Å². The Morgan fingerprint density at radius 3 is 3.00 bits per heavy atom. The average molecular weight is 193 g/mol. The van der Waals surface area contributed by atoms with Crippen molar-refractivity contribution in [2.75, 3.05) is 0 Å². The second kappa shape index (κ2) is 3.95. The van der Waals surface area contributed by atoms with E-state index in [0.717, 1.165) is 5.69 Å². The molecule has 0 aliphatic rings. The predicted molar refractivity (Wildman–Crippen MR) is 48.5 cm³/mol. The van der Waals surface area contributed by atoms with Crippen LogP contribution in [0.3, 0.4) is 0 Å². The van der Waals surface area contributed by atoms with Gasteiger partial charge in [0.25, 0.3) is 0 Å². The number of hydrogen-bond donors (Lipinski definition) is 0. The average Bonchev–Trinajstić information content (AvgIpc) is 2.69. The third kappa shape index (κ3) is 2.22. The lowest BCUT2D eigenvalue weighted by atomic mass is 10.5. The maximum atomic E-state index is 5.33. The molecule has 5 heteroatoms. The number of rotatable bonds is 3. The highest BCUT2D eigenvalue weighted by Crippen LogP contribution is 2.10. The fourth-order valence-electron chi connectivity index (χ4n) is 0.825. The van der Waals surface area contributed by atoms with E-state index in [4.69, 9.17) is 4.74 Å². The Balaban J connectivity index is 1.94. The summed E-state index contributed by atoms with van der Waals surface area (Å²) < 4.78 is 5.33. The molecule has 0 spiro atoms. The minimum Gasteiger partial charge on any atom is -0.470 e. The third-order valence-corrected chi connectivity index (χ3v) is 1.96. The van der Waals surface area contributed by atoms with Crippen molar-refractivity contribution in [2.45, 2.75) is 6.61 Å². The molecule has 0 atom stereocenters. The summed E-state index contributed by atoms with van der Waals surface area (Å²) >= 11 is 1.50. The lowest BCUT2D eigenvalue weighted by Crippen LogP contribution is -1.98. The van der Waals surface area contributed by atoms with E-state index in [1.165, 1.54) is 11.3 Å². The van der Waals surface area contributed by atoms with E-state index in [0.29, 0.717) is 12.5 Å². The quantitative estimate of drug-likeness (QED) is 0.741. The van der Waals surface area contributed by atoms with Crippen LogP contribution in [0.5, 0.6) is 5.88 Å². The van der Waals surface area contributed by atoms with Crippen molar-refractivity contribution in [3.63, 3.8) is 0 Å². The molecule has 13 heavy (non-hydrogen) atoms. The molecular formula is C8H7N3OS. The van der Waals surface area contributed by atoms with Gasteiger partial charge in [-0.05, 0) is 0 Å². The summed E-state index contributed by atoms with van der Waals surface area (Å²) in [5, 5.41) is 1.84.